The zero-order valence-electron chi connectivity index (χ0n) is 18.9. The highest BCUT2D eigenvalue weighted by molar-refractivity contribution is 6.31. The number of aromatic nitrogens is 4. The number of nitrogens with one attached hydrogen (secondary N) is 1. The molecule has 0 spiro atoms. The summed E-state index contributed by atoms with van der Waals surface area (Å²) in [5.74, 6) is 1.66. The van der Waals surface area contributed by atoms with Crippen LogP contribution in [0.15, 0.2) is 30.6 Å². The van der Waals surface area contributed by atoms with Crippen LogP contribution in [0, 0.1) is 20.8 Å². The van der Waals surface area contributed by atoms with Crippen LogP contribution >= 0.6 is 11.6 Å². The molecular formula is C24H29ClN6O. The molecule has 0 radical (unpaired) electrons. The Morgan fingerprint density at radius 3 is 2.59 bits per heavy atom. The molecule has 1 aliphatic heterocycles. The average molecular weight is 453 g/mol. The summed E-state index contributed by atoms with van der Waals surface area (Å²) in [5, 5.41) is 8.28. The van der Waals surface area contributed by atoms with Gasteiger partial charge in [-0.3, -0.25) is 4.79 Å². The summed E-state index contributed by atoms with van der Waals surface area (Å²) < 4.78 is 1.86. The zero-order chi connectivity index (χ0) is 22.7. The van der Waals surface area contributed by atoms with Gasteiger partial charge in [-0.05, 0) is 69.7 Å². The van der Waals surface area contributed by atoms with Crippen LogP contribution < -0.4 is 10.2 Å². The van der Waals surface area contributed by atoms with E-state index in [0.29, 0.717) is 17.9 Å². The van der Waals surface area contributed by atoms with Crippen molar-refractivity contribution < 1.29 is 4.79 Å². The topological polar surface area (TPSA) is 75.9 Å². The van der Waals surface area contributed by atoms with E-state index < -0.39 is 0 Å². The fourth-order valence-electron chi connectivity index (χ4n) is 4.19. The SMILES string of the molecule is Cc1ccc(Cl)cc1NC(=O)CCc1c(C)nn(-c2cc(N3CCCCC3)ncn2)c1C. The molecule has 3 aromatic rings. The van der Waals surface area contributed by atoms with Crippen LogP contribution in [-0.4, -0.2) is 38.7 Å². The van der Waals surface area contributed by atoms with Gasteiger partial charge in [0.2, 0.25) is 5.91 Å². The number of amides is 1. The average Bonchev–Trinajstić information content (AvgIpc) is 3.09. The summed E-state index contributed by atoms with van der Waals surface area (Å²) >= 11 is 6.06. The molecule has 0 bridgehead atoms. The van der Waals surface area contributed by atoms with Crippen LogP contribution in [0.5, 0.6) is 0 Å². The van der Waals surface area contributed by atoms with Gasteiger partial charge < -0.3 is 10.2 Å². The Morgan fingerprint density at radius 1 is 1.06 bits per heavy atom. The van der Waals surface area contributed by atoms with Crippen molar-refractivity contribution in [1.29, 1.82) is 0 Å². The summed E-state index contributed by atoms with van der Waals surface area (Å²) in [4.78, 5) is 23.8. The summed E-state index contributed by atoms with van der Waals surface area (Å²) in [6.07, 6.45) is 6.24. The first-order valence-corrected chi connectivity index (χ1v) is 11.5. The van der Waals surface area contributed by atoms with Crippen molar-refractivity contribution in [2.45, 2.75) is 52.9 Å². The second kappa shape index (κ2) is 9.69. The lowest BCUT2D eigenvalue weighted by Gasteiger charge is -2.27. The van der Waals surface area contributed by atoms with Crippen LogP contribution in [0.2, 0.25) is 5.02 Å². The lowest BCUT2D eigenvalue weighted by Crippen LogP contribution is -2.30. The minimum Gasteiger partial charge on any atom is -0.356 e. The number of halogens is 1. The van der Waals surface area contributed by atoms with Gasteiger partial charge in [-0.1, -0.05) is 17.7 Å². The Hall–Kier alpha value is -2.93. The Bertz CT molecular complexity index is 1120. The summed E-state index contributed by atoms with van der Waals surface area (Å²) in [6, 6.07) is 7.50. The number of piperidine rings is 1. The van der Waals surface area contributed by atoms with Crippen LogP contribution in [0.25, 0.3) is 5.82 Å². The number of carbonyl (C=O) groups is 1. The molecule has 3 heterocycles. The number of rotatable bonds is 6. The van der Waals surface area contributed by atoms with Crippen molar-refractivity contribution in [3.8, 4) is 5.82 Å². The molecule has 0 aliphatic carbocycles. The van der Waals surface area contributed by atoms with Crippen LogP contribution in [0.4, 0.5) is 11.5 Å². The van der Waals surface area contributed by atoms with Crippen molar-refractivity contribution >= 4 is 29.0 Å². The number of nitrogens with zero attached hydrogens (tertiary/aromatic N) is 5. The standard InChI is InChI=1S/C24H29ClN6O/c1-16-7-8-19(25)13-21(16)28-24(32)10-9-20-17(2)29-31(18(20)3)23-14-22(26-15-27-23)30-11-5-4-6-12-30/h7-8,13-15H,4-6,9-12H2,1-3H3,(H,28,32). The van der Waals surface area contributed by atoms with Crippen LogP contribution in [0.1, 0.15) is 48.2 Å². The summed E-state index contributed by atoms with van der Waals surface area (Å²) in [5.41, 5.74) is 4.71. The van der Waals surface area contributed by atoms with Gasteiger partial charge in [0.25, 0.3) is 0 Å². The first-order valence-electron chi connectivity index (χ1n) is 11.1. The lowest BCUT2D eigenvalue weighted by molar-refractivity contribution is -0.116. The Kier molecular flexibility index (Phi) is 6.74. The van der Waals surface area contributed by atoms with E-state index in [1.54, 1.807) is 12.4 Å². The molecule has 0 unspecified atom stereocenters. The number of aryl methyl sites for hydroxylation is 2. The first kappa shape index (κ1) is 22.3. The monoisotopic (exact) mass is 452 g/mol. The first-order chi connectivity index (χ1) is 15.4. The Labute approximate surface area is 193 Å². The van der Waals surface area contributed by atoms with Gasteiger partial charge in [0.15, 0.2) is 5.82 Å². The predicted molar refractivity (Wildman–Crippen MR) is 128 cm³/mol. The molecule has 1 fully saturated rings. The molecule has 1 saturated heterocycles. The van der Waals surface area contributed by atoms with Gasteiger partial charge >= 0.3 is 0 Å². The molecule has 7 nitrogen and oxygen atoms in total. The van der Waals surface area contributed by atoms with Gasteiger partial charge in [-0.25, -0.2) is 14.6 Å². The number of anilines is 2. The fourth-order valence-corrected chi connectivity index (χ4v) is 4.36. The molecule has 1 amide bonds. The number of benzene rings is 1. The Balaban J connectivity index is 1.47. The van der Waals surface area contributed by atoms with E-state index in [9.17, 15) is 4.79 Å². The zero-order valence-corrected chi connectivity index (χ0v) is 19.6. The second-order valence-corrected chi connectivity index (χ2v) is 8.79. The molecule has 4 rings (SSSR count). The maximum absolute atomic E-state index is 12.6. The third kappa shape index (κ3) is 4.93. The minimum absolute atomic E-state index is 0.0451. The highest BCUT2D eigenvalue weighted by Gasteiger charge is 2.18. The quantitative estimate of drug-likeness (QED) is 0.581. The molecule has 0 atom stereocenters. The van der Waals surface area contributed by atoms with E-state index in [-0.39, 0.29) is 5.91 Å². The van der Waals surface area contributed by atoms with E-state index >= 15 is 0 Å². The van der Waals surface area contributed by atoms with Gasteiger partial charge in [0.1, 0.15) is 12.1 Å². The number of hydrogen-bond acceptors (Lipinski definition) is 5. The molecule has 1 aromatic carbocycles. The van der Waals surface area contributed by atoms with Crippen molar-refractivity contribution in [2.75, 3.05) is 23.3 Å². The molecule has 32 heavy (non-hydrogen) atoms. The van der Waals surface area contributed by atoms with E-state index in [0.717, 1.165) is 52.9 Å². The van der Waals surface area contributed by atoms with Gasteiger partial charge in [-0.15, -0.1) is 0 Å². The van der Waals surface area contributed by atoms with Gasteiger partial charge in [0.05, 0.1) is 5.69 Å². The number of hydrogen-bond donors (Lipinski definition) is 1. The van der Waals surface area contributed by atoms with E-state index in [2.05, 4.69) is 20.2 Å². The highest BCUT2D eigenvalue weighted by atomic mass is 35.5. The lowest BCUT2D eigenvalue weighted by atomic mass is 10.1. The molecule has 0 saturated carbocycles. The van der Waals surface area contributed by atoms with E-state index in [1.165, 1.54) is 19.3 Å². The maximum Gasteiger partial charge on any atom is 0.224 e. The van der Waals surface area contributed by atoms with Crippen LogP contribution in [-0.2, 0) is 11.2 Å². The summed E-state index contributed by atoms with van der Waals surface area (Å²) in [6.45, 7) is 8.01. The van der Waals surface area contributed by atoms with Crippen LogP contribution in [0.3, 0.4) is 0 Å². The van der Waals surface area contributed by atoms with Gasteiger partial charge in [0, 0.05) is 42.0 Å². The smallest absolute Gasteiger partial charge is 0.224 e. The molecule has 8 heteroatoms. The molecule has 2 aromatic heterocycles. The third-order valence-corrected chi connectivity index (χ3v) is 6.29. The largest absolute Gasteiger partial charge is 0.356 e. The molecule has 1 N–H and O–H groups in total. The molecule has 1 aliphatic rings. The predicted octanol–water partition coefficient (Wildman–Crippen LogP) is 4.80. The van der Waals surface area contributed by atoms with E-state index in [4.69, 9.17) is 16.7 Å². The minimum atomic E-state index is -0.0451. The van der Waals surface area contributed by atoms with Crippen molar-refractivity contribution in [3.63, 3.8) is 0 Å². The Morgan fingerprint density at radius 2 is 1.81 bits per heavy atom. The van der Waals surface area contributed by atoms with Crippen molar-refractivity contribution in [1.82, 2.24) is 19.7 Å². The summed E-state index contributed by atoms with van der Waals surface area (Å²) in [7, 11) is 0. The van der Waals surface area contributed by atoms with Crippen molar-refractivity contribution in [2.24, 2.45) is 0 Å². The van der Waals surface area contributed by atoms with Crippen molar-refractivity contribution in [3.05, 3.63) is 58.1 Å². The van der Waals surface area contributed by atoms with Gasteiger partial charge in [-0.2, -0.15) is 5.10 Å². The fraction of sp³-hybridized carbons (Fsp3) is 0.417. The highest BCUT2D eigenvalue weighted by Crippen LogP contribution is 2.23. The van der Waals surface area contributed by atoms with E-state index in [1.807, 2.05) is 43.7 Å². The number of carbonyl (C=O) groups excluding carboxylic acids is 1. The third-order valence-electron chi connectivity index (χ3n) is 6.05. The molecular weight excluding hydrogens is 424 g/mol. The molecule has 168 valence electrons. The maximum atomic E-state index is 12.6. The normalized spacial score (nSPS) is 13.9. The second-order valence-electron chi connectivity index (χ2n) is 8.35.